The van der Waals surface area contributed by atoms with Crippen LogP contribution in [0.25, 0.3) is 0 Å². The van der Waals surface area contributed by atoms with Gasteiger partial charge >= 0.3 is 0 Å². The van der Waals surface area contributed by atoms with E-state index in [9.17, 15) is 5.11 Å². The molecule has 0 aromatic heterocycles. The van der Waals surface area contributed by atoms with Gasteiger partial charge < -0.3 is 14.6 Å². The highest BCUT2D eigenvalue weighted by atomic mass is 35.5. The van der Waals surface area contributed by atoms with Crippen LogP contribution in [-0.4, -0.2) is 24.4 Å². The zero-order valence-corrected chi connectivity index (χ0v) is 9.96. The maximum atomic E-state index is 9.34. The fourth-order valence-corrected chi connectivity index (χ4v) is 2.03. The van der Waals surface area contributed by atoms with Crippen molar-refractivity contribution in [2.75, 3.05) is 13.2 Å². The molecule has 0 unspecified atom stereocenters. The van der Waals surface area contributed by atoms with Crippen molar-refractivity contribution in [2.45, 2.75) is 25.9 Å². The molecule has 0 amide bonds. The second-order valence-corrected chi connectivity index (χ2v) is 4.42. The van der Waals surface area contributed by atoms with Crippen molar-refractivity contribution in [3.8, 4) is 11.5 Å². The van der Waals surface area contributed by atoms with Gasteiger partial charge in [0, 0.05) is 6.42 Å². The highest BCUT2D eigenvalue weighted by molar-refractivity contribution is 6.32. The third-order valence-electron chi connectivity index (χ3n) is 2.39. The molecule has 4 heteroatoms. The Kier molecular flexibility index (Phi) is 3.56. The van der Waals surface area contributed by atoms with Crippen molar-refractivity contribution in [1.29, 1.82) is 0 Å². The molecule has 1 aliphatic heterocycles. The first-order valence-corrected chi connectivity index (χ1v) is 5.80. The molecule has 0 saturated heterocycles. The first-order valence-electron chi connectivity index (χ1n) is 5.43. The van der Waals surface area contributed by atoms with E-state index in [0.29, 0.717) is 36.2 Å². The summed E-state index contributed by atoms with van der Waals surface area (Å²) in [4.78, 5) is 0. The summed E-state index contributed by atoms with van der Waals surface area (Å²) in [6.45, 7) is 3.01. The van der Waals surface area contributed by atoms with Gasteiger partial charge in [-0.1, -0.05) is 11.6 Å². The lowest BCUT2D eigenvalue weighted by molar-refractivity contribution is 0.195. The lowest BCUT2D eigenvalue weighted by Crippen LogP contribution is -2.04. The van der Waals surface area contributed by atoms with Gasteiger partial charge in [-0.3, -0.25) is 0 Å². The topological polar surface area (TPSA) is 38.7 Å². The molecular weight excluding hydrogens is 228 g/mol. The summed E-state index contributed by atoms with van der Waals surface area (Å²) < 4.78 is 11.1. The van der Waals surface area contributed by atoms with Crippen LogP contribution in [0.2, 0.25) is 5.02 Å². The third kappa shape index (κ3) is 2.60. The van der Waals surface area contributed by atoms with Gasteiger partial charge in [0.1, 0.15) is 0 Å². The number of rotatable bonds is 2. The number of hydrogen-bond acceptors (Lipinski definition) is 3. The van der Waals surface area contributed by atoms with Gasteiger partial charge in [-0.2, -0.15) is 0 Å². The molecule has 1 aromatic carbocycles. The largest absolute Gasteiger partial charge is 0.489 e. The monoisotopic (exact) mass is 242 g/mol. The number of halogens is 1. The van der Waals surface area contributed by atoms with Crippen molar-refractivity contribution in [3.63, 3.8) is 0 Å². The summed E-state index contributed by atoms with van der Waals surface area (Å²) in [6.07, 6.45) is 1.04. The van der Waals surface area contributed by atoms with Crippen LogP contribution in [0.5, 0.6) is 11.5 Å². The average Bonchev–Trinajstić information content (AvgIpc) is 2.41. The Morgan fingerprint density at radius 1 is 1.38 bits per heavy atom. The molecule has 0 aliphatic carbocycles. The normalized spacial score (nSPS) is 16.7. The van der Waals surface area contributed by atoms with E-state index in [4.69, 9.17) is 21.1 Å². The minimum Gasteiger partial charge on any atom is -0.489 e. The summed E-state index contributed by atoms with van der Waals surface area (Å²) in [5.41, 5.74) is 0.962. The number of hydrogen-bond donors (Lipinski definition) is 1. The van der Waals surface area contributed by atoms with Crippen molar-refractivity contribution in [1.82, 2.24) is 0 Å². The number of aliphatic hydroxyl groups excluding tert-OH is 1. The van der Waals surface area contributed by atoms with Crippen LogP contribution in [0, 0.1) is 0 Å². The zero-order valence-electron chi connectivity index (χ0n) is 9.20. The van der Waals surface area contributed by atoms with Crippen molar-refractivity contribution in [2.24, 2.45) is 0 Å². The van der Waals surface area contributed by atoms with E-state index in [1.54, 1.807) is 6.92 Å². The molecule has 16 heavy (non-hydrogen) atoms. The molecule has 0 radical (unpaired) electrons. The fourth-order valence-electron chi connectivity index (χ4n) is 1.74. The van der Waals surface area contributed by atoms with Crippen molar-refractivity contribution >= 4 is 11.6 Å². The van der Waals surface area contributed by atoms with Gasteiger partial charge in [0.15, 0.2) is 11.5 Å². The Hall–Kier alpha value is -0.930. The summed E-state index contributed by atoms with van der Waals surface area (Å²) in [5.74, 6) is 1.30. The molecule has 1 atom stereocenters. The Morgan fingerprint density at radius 3 is 2.88 bits per heavy atom. The molecule has 2 rings (SSSR count). The average molecular weight is 243 g/mol. The Morgan fingerprint density at radius 2 is 2.12 bits per heavy atom. The minimum atomic E-state index is -0.388. The van der Waals surface area contributed by atoms with Crippen LogP contribution in [0.4, 0.5) is 0 Å². The molecule has 0 bridgehead atoms. The minimum absolute atomic E-state index is 0.388. The maximum Gasteiger partial charge on any atom is 0.179 e. The van der Waals surface area contributed by atoms with Crippen LogP contribution in [-0.2, 0) is 6.42 Å². The van der Waals surface area contributed by atoms with Gasteiger partial charge in [-0.15, -0.1) is 0 Å². The predicted molar refractivity (Wildman–Crippen MR) is 62.4 cm³/mol. The predicted octanol–water partition coefficient (Wildman–Crippen LogP) is 2.42. The summed E-state index contributed by atoms with van der Waals surface area (Å²) >= 11 is 6.12. The van der Waals surface area contributed by atoms with Gasteiger partial charge in [-0.05, 0) is 31.0 Å². The standard InChI is InChI=1S/C12H15ClO3/c1-8(14)5-9-6-10(13)12-11(7-9)15-3-2-4-16-12/h6-8,14H,2-5H2,1H3/t8-/m1/s1. The highest BCUT2D eigenvalue weighted by Crippen LogP contribution is 2.38. The van der Waals surface area contributed by atoms with E-state index in [1.807, 2.05) is 12.1 Å². The van der Waals surface area contributed by atoms with Crippen LogP contribution >= 0.6 is 11.6 Å². The lowest BCUT2D eigenvalue weighted by Gasteiger charge is -2.12. The van der Waals surface area contributed by atoms with E-state index in [0.717, 1.165) is 12.0 Å². The first-order chi connectivity index (χ1) is 7.66. The number of benzene rings is 1. The smallest absolute Gasteiger partial charge is 0.179 e. The Balaban J connectivity index is 2.32. The molecule has 1 heterocycles. The first kappa shape index (κ1) is 11.6. The fraction of sp³-hybridized carbons (Fsp3) is 0.500. The lowest BCUT2D eigenvalue weighted by atomic mass is 10.1. The second-order valence-electron chi connectivity index (χ2n) is 4.01. The molecule has 0 spiro atoms. The summed E-state index contributed by atoms with van der Waals surface area (Å²) in [7, 11) is 0. The van der Waals surface area contributed by atoms with Gasteiger partial charge in [0.2, 0.25) is 0 Å². The quantitative estimate of drug-likeness (QED) is 0.866. The van der Waals surface area contributed by atoms with Crippen molar-refractivity contribution < 1.29 is 14.6 Å². The molecule has 0 saturated carbocycles. The molecule has 1 aliphatic rings. The Labute approximate surface area is 99.9 Å². The van der Waals surface area contributed by atoms with Gasteiger partial charge in [0.05, 0.1) is 24.3 Å². The molecule has 0 fully saturated rings. The number of fused-ring (bicyclic) bond motifs is 1. The van der Waals surface area contributed by atoms with E-state index in [-0.39, 0.29) is 6.10 Å². The molecule has 88 valence electrons. The summed E-state index contributed by atoms with van der Waals surface area (Å²) in [6, 6.07) is 3.71. The molecule has 1 aromatic rings. The van der Waals surface area contributed by atoms with E-state index in [1.165, 1.54) is 0 Å². The zero-order chi connectivity index (χ0) is 11.5. The van der Waals surface area contributed by atoms with Crippen LogP contribution in [0.3, 0.4) is 0 Å². The second kappa shape index (κ2) is 4.93. The molecular formula is C12H15ClO3. The maximum absolute atomic E-state index is 9.34. The van der Waals surface area contributed by atoms with Gasteiger partial charge in [-0.25, -0.2) is 0 Å². The summed E-state index contributed by atoms with van der Waals surface area (Å²) in [5, 5.41) is 9.89. The Bertz CT molecular complexity index is 377. The van der Waals surface area contributed by atoms with Crippen LogP contribution < -0.4 is 9.47 Å². The van der Waals surface area contributed by atoms with E-state index < -0.39 is 0 Å². The SMILES string of the molecule is C[C@@H](O)Cc1cc(Cl)c2c(c1)OCCCO2. The van der Waals surface area contributed by atoms with Crippen LogP contribution in [0.1, 0.15) is 18.9 Å². The van der Waals surface area contributed by atoms with E-state index in [2.05, 4.69) is 0 Å². The number of ether oxygens (including phenoxy) is 2. The molecule has 1 N–H and O–H groups in total. The van der Waals surface area contributed by atoms with E-state index >= 15 is 0 Å². The van der Waals surface area contributed by atoms with Crippen LogP contribution in [0.15, 0.2) is 12.1 Å². The third-order valence-corrected chi connectivity index (χ3v) is 2.67. The van der Waals surface area contributed by atoms with Crippen molar-refractivity contribution in [3.05, 3.63) is 22.7 Å². The number of aliphatic hydroxyl groups is 1. The highest BCUT2D eigenvalue weighted by Gasteiger charge is 2.15. The van der Waals surface area contributed by atoms with Gasteiger partial charge in [0.25, 0.3) is 0 Å². The molecule has 3 nitrogen and oxygen atoms in total.